The van der Waals surface area contributed by atoms with Crippen LogP contribution in [-0.2, 0) is 0 Å². The van der Waals surface area contributed by atoms with Crippen molar-refractivity contribution in [2.45, 2.75) is 6.10 Å². The van der Waals surface area contributed by atoms with Crippen molar-refractivity contribution >= 4 is 11.0 Å². The zero-order chi connectivity index (χ0) is 17.2. The van der Waals surface area contributed by atoms with Crippen LogP contribution in [0.5, 0.6) is 5.75 Å². The van der Waals surface area contributed by atoms with Crippen LogP contribution in [0.25, 0.3) is 22.3 Å². The molecule has 0 bridgehead atoms. The van der Waals surface area contributed by atoms with Crippen molar-refractivity contribution in [2.24, 2.45) is 0 Å². The third-order valence-corrected chi connectivity index (χ3v) is 4.35. The van der Waals surface area contributed by atoms with Gasteiger partial charge in [0.1, 0.15) is 23.2 Å². The highest BCUT2D eigenvalue weighted by molar-refractivity contribution is 5.84. The van der Waals surface area contributed by atoms with Gasteiger partial charge in [0, 0.05) is 17.0 Å². The van der Waals surface area contributed by atoms with E-state index in [1.807, 2.05) is 78.9 Å². The summed E-state index contributed by atoms with van der Waals surface area (Å²) < 4.78 is 11.2. The Kier molecular flexibility index (Phi) is 4.00. The van der Waals surface area contributed by atoms with E-state index in [1.54, 1.807) is 7.11 Å². The van der Waals surface area contributed by atoms with E-state index in [0.29, 0.717) is 0 Å². The van der Waals surface area contributed by atoms with Gasteiger partial charge in [0.25, 0.3) is 0 Å². The average Bonchev–Trinajstić information content (AvgIpc) is 3.11. The second-order valence-electron chi connectivity index (χ2n) is 5.95. The van der Waals surface area contributed by atoms with E-state index in [1.165, 1.54) is 0 Å². The maximum Gasteiger partial charge on any atom is 0.138 e. The second-order valence-corrected chi connectivity index (χ2v) is 5.95. The third-order valence-electron chi connectivity index (χ3n) is 4.35. The van der Waals surface area contributed by atoms with Crippen molar-refractivity contribution in [1.82, 2.24) is 0 Å². The van der Waals surface area contributed by atoms with Crippen LogP contribution in [0.3, 0.4) is 0 Å². The lowest BCUT2D eigenvalue weighted by Crippen LogP contribution is -1.98. The van der Waals surface area contributed by atoms with Crippen molar-refractivity contribution in [2.75, 3.05) is 7.11 Å². The molecule has 25 heavy (non-hydrogen) atoms. The first-order valence-corrected chi connectivity index (χ1v) is 8.15. The molecule has 4 aromatic rings. The molecule has 0 radical (unpaired) electrons. The lowest BCUT2D eigenvalue weighted by molar-refractivity contribution is 0.220. The standard InChI is InChI=1S/C22H18O3/c1-24-19-12-11-18-13-20(25-21(18)14-19)15-7-9-17(10-8-15)22(23)16-5-3-2-4-6-16/h2-14,22-23H,1H3. The zero-order valence-corrected chi connectivity index (χ0v) is 13.8. The maximum absolute atomic E-state index is 10.5. The predicted octanol–water partition coefficient (Wildman–Crippen LogP) is 5.19. The number of aliphatic hydroxyl groups is 1. The first-order chi connectivity index (χ1) is 12.2. The van der Waals surface area contributed by atoms with Gasteiger partial charge in [0.05, 0.1) is 7.11 Å². The van der Waals surface area contributed by atoms with E-state index in [9.17, 15) is 5.11 Å². The van der Waals surface area contributed by atoms with Gasteiger partial charge in [-0.15, -0.1) is 0 Å². The van der Waals surface area contributed by atoms with Gasteiger partial charge in [0.2, 0.25) is 0 Å². The molecule has 3 nitrogen and oxygen atoms in total. The fourth-order valence-electron chi connectivity index (χ4n) is 2.94. The number of benzene rings is 3. The minimum Gasteiger partial charge on any atom is -0.497 e. The van der Waals surface area contributed by atoms with Gasteiger partial charge in [-0.1, -0.05) is 54.6 Å². The Bertz CT molecular complexity index is 985. The van der Waals surface area contributed by atoms with Crippen LogP contribution in [0.15, 0.2) is 83.3 Å². The molecule has 1 unspecified atom stereocenters. The number of fused-ring (bicyclic) bond motifs is 1. The Balaban J connectivity index is 1.64. The van der Waals surface area contributed by atoms with E-state index < -0.39 is 6.10 Å². The molecule has 1 heterocycles. The first-order valence-electron chi connectivity index (χ1n) is 8.15. The van der Waals surface area contributed by atoms with Crippen LogP contribution < -0.4 is 4.74 Å². The SMILES string of the molecule is COc1ccc2cc(-c3ccc(C(O)c4ccccc4)cc3)oc2c1. The summed E-state index contributed by atoms with van der Waals surface area (Å²) in [5, 5.41) is 11.5. The van der Waals surface area contributed by atoms with Crippen LogP contribution in [0.2, 0.25) is 0 Å². The Morgan fingerprint density at radius 3 is 2.28 bits per heavy atom. The van der Waals surface area contributed by atoms with Crippen LogP contribution in [-0.4, -0.2) is 12.2 Å². The van der Waals surface area contributed by atoms with Crippen LogP contribution in [0.1, 0.15) is 17.2 Å². The molecule has 0 spiro atoms. The van der Waals surface area contributed by atoms with Gasteiger partial charge in [-0.05, 0) is 29.3 Å². The number of rotatable bonds is 4. The van der Waals surface area contributed by atoms with E-state index >= 15 is 0 Å². The summed E-state index contributed by atoms with van der Waals surface area (Å²) >= 11 is 0. The molecule has 124 valence electrons. The summed E-state index contributed by atoms with van der Waals surface area (Å²) in [4.78, 5) is 0. The summed E-state index contributed by atoms with van der Waals surface area (Å²) in [5.41, 5.74) is 3.50. The molecular weight excluding hydrogens is 312 g/mol. The van der Waals surface area contributed by atoms with Crippen LogP contribution >= 0.6 is 0 Å². The monoisotopic (exact) mass is 330 g/mol. The molecule has 0 aliphatic rings. The lowest BCUT2D eigenvalue weighted by Gasteiger charge is -2.11. The minimum absolute atomic E-state index is 0.629. The highest BCUT2D eigenvalue weighted by atomic mass is 16.5. The molecule has 0 aliphatic carbocycles. The summed E-state index contributed by atoms with van der Waals surface area (Å²) in [6, 6.07) is 25.2. The van der Waals surface area contributed by atoms with Gasteiger partial charge in [-0.3, -0.25) is 0 Å². The van der Waals surface area contributed by atoms with Gasteiger partial charge in [-0.25, -0.2) is 0 Å². The quantitative estimate of drug-likeness (QED) is 0.560. The first kappa shape index (κ1) is 15.5. The molecule has 0 saturated carbocycles. The molecule has 0 fully saturated rings. The number of furan rings is 1. The highest BCUT2D eigenvalue weighted by Crippen LogP contribution is 2.31. The Morgan fingerprint density at radius 2 is 1.56 bits per heavy atom. The molecule has 1 atom stereocenters. The highest BCUT2D eigenvalue weighted by Gasteiger charge is 2.11. The Labute approximate surface area is 146 Å². The van der Waals surface area contributed by atoms with Crippen molar-refractivity contribution in [3.63, 3.8) is 0 Å². The van der Waals surface area contributed by atoms with E-state index in [-0.39, 0.29) is 0 Å². The molecule has 4 rings (SSSR count). The Hall–Kier alpha value is -3.04. The molecular formula is C22H18O3. The summed E-state index contributed by atoms with van der Waals surface area (Å²) in [6.45, 7) is 0. The zero-order valence-electron chi connectivity index (χ0n) is 13.8. The topological polar surface area (TPSA) is 42.6 Å². The smallest absolute Gasteiger partial charge is 0.138 e. The fraction of sp³-hybridized carbons (Fsp3) is 0.0909. The molecule has 3 aromatic carbocycles. The number of hydrogen-bond donors (Lipinski definition) is 1. The van der Waals surface area contributed by atoms with Crippen LogP contribution in [0, 0.1) is 0 Å². The predicted molar refractivity (Wildman–Crippen MR) is 98.7 cm³/mol. The summed E-state index contributed by atoms with van der Waals surface area (Å²) in [5.74, 6) is 1.57. The van der Waals surface area contributed by atoms with Crippen molar-refractivity contribution in [1.29, 1.82) is 0 Å². The minimum atomic E-state index is -0.629. The number of hydrogen-bond acceptors (Lipinski definition) is 3. The molecule has 0 saturated heterocycles. The van der Waals surface area contributed by atoms with Gasteiger partial charge < -0.3 is 14.3 Å². The number of ether oxygens (including phenoxy) is 1. The van der Waals surface area contributed by atoms with Crippen molar-refractivity contribution in [3.8, 4) is 17.1 Å². The van der Waals surface area contributed by atoms with E-state index in [0.717, 1.165) is 39.2 Å². The third kappa shape index (κ3) is 3.02. The van der Waals surface area contributed by atoms with Gasteiger partial charge in [-0.2, -0.15) is 0 Å². The number of aliphatic hydroxyl groups excluding tert-OH is 1. The summed E-state index contributed by atoms with van der Waals surface area (Å²) in [7, 11) is 1.64. The largest absolute Gasteiger partial charge is 0.497 e. The second kappa shape index (κ2) is 6.46. The van der Waals surface area contributed by atoms with Gasteiger partial charge in [0.15, 0.2) is 0 Å². The molecule has 1 N–H and O–H groups in total. The molecule has 3 heteroatoms. The van der Waals surface area contributed by atoms with Crippen LogP contribution in [0.4, 0.5) is 0 Å². The van der Waals surface area contributed by atoms with E-state index in [4.69, 9.17) is 9.15 Å². The van der Waals surface area contributed by atoms with Crippen molar-refractivity contribution in [3.05, 3.63) is 90.0 Å². The summed E-state index contributed by atoms with van der Waals surface area (Å²) in [6.07, 6.45) is -0.629. The van der Waals surface area contributed by atoms with E-state index in [2.05, 4.69) is 0 Å². The molecule has 0 aliphatic heterocycles. The maximum atomic E-state index is 10.5. The molecule has 1 aromatic heterocycles. The number of methoxy groups -OCH3 is 1. The average molecular weight is 330 g/mol. The normalized spacial score (nSPS) is 12.2. The fourth-order valence-corrected chi connectivity index (χ4v) is 2.94. The van der Waals surface area contributed by atoms with Crippen molar-refractivity contribution < 1.29 is 14.3 Å². The Morgan fingerprint density at radius 1 is 0.840 bits per heavy atom. The van der Waals surface area contributed by atoms with Gasteiger partial charge >= 0.3 is 0 Å². The molecule has 0 amide bonds. The lowest BCUT2D eigenvalue weighted by atomic mass is 10.00.